The number of para-hydroxylation sites is 2. The number of nitrogens with one attached hydrogen (secondary N) is 1. The van der Waals surface area contributed by atoms with Gasteiger partial charge in [0.05, 0.1) is 0 Å². The van der Waals surface area contributed by atoms with Gasteiger partial charge in [0.1, 0.15) is 11.2 Å². The van der Waals surface area contributed by atoms with E-state index in [0.29, 0.717) is 5.92 Å². The molecule has 2 heteroatoms. The number of aromatic nitrogens is 1. The zero-order valence-corrected chi connectivity index (χ0v) is 16.2. The third-order valence-corrected chi connectivity index (χ3v) is 5.55. The summed E-state index contributed by atoms with van der Waals surface area (Å²) in [6.07, 6.45) is 5.76. The fraction of sp³-hybridized carbons (Fsp3) is 0.154. The molecule has 0 aliphatic heterocycles. The molecule has 28 heavy (non-hydrogen) atoms. The fourth-order valence-electron chi connectivity index (χ4n) is 4.25. The van der Waals surface area contributed by atoms with Crippen LogP contribution in [-0.2, 0) is 0 Å². The van der Waals surface area contributed by atoms with Crippen molar-refractivity contribution in [3.05, 3.63) is 82.9 Å². The van der Waals surface area contributed by atoms with E-state index < -0.39 is 0 Å². The van der Waals surface area contributed by atoms with Crippen molar-refractivity contribution < 1.29 is 4.42 Å². The molecule has 0 saturated carbocycles. The highest BCUT2D eigenvalue weighted by Gasteiger charge is 2.15. The van der Waals surface area contributed by atoms with Crippen LogP contribution in [0.2, 0.25) is 0 Å². The molecular weight excluding hydrogens is 342 g/mol. The Morgan fingerprint density at radius 2 is 1.57 bits per heavy atom. The Morgan fingerprint density at radius 1 is 0.821 bits per heavy atom. The molecule has 2 nitrogen and oxygen atoms in total. The molecule has 5 aromatic rings. The van der Waals surface area contributed by atoms with Crippen molar-refractivity contribution in [3.8, 4) is 0 Å². The minimum atomic E-state index is 0.389. The van der Waals surface area contributed by atoms with E-state index in [-0.39, 0.29) is 0 Å². The lowest BCUT2D eigenvalue weighted by Crippen LogP contribution is -2.27. The molecule has 0 spiro atoms. The van der Waals surface area contributed by atoms with Gasteiger partial charge in [-0.15, -0.1) is 0 Å². The normalized spacial score (nSPS) is 15.6. The van der Waals surface area contributed by atoms with Crippen molar-refractivity contribution in [2.45, 2.75) is 26.2 Å². The highest BCUT2D eigenvalue weighted by Crippen LogP contribution is 2.33. The van der Waals surface area contributed by atoms with Crippen molar-refractivity contribution in [3.63, 3.8) is 0 Å². The number of hydrogen-bond donors (Lipinski definition) is 1. The average molecular weight is 365 g/mol. The third-order valence-electron chi connectivity index (χ3n) is 5.55. The van der Waals surface area contributed by atoms with Crippen LogP contribution in [0.25, 0.3) is 45.0 Å². The smallest absolute Gasteiger partial charge is 0.135 e. The highest BCUT2D eigenvalue weighted by molar-refractivity contribution is 6.05. The first kappa shape index (κ1) is 16.9. The molecule has 1 aliphatic carbocycles. The van der Waals surface area contributed by atoms with Crippen molar-refractivity contribution in [2.75, 3.05) is 0 Å². The summed E-state index contributed by atoms with van der Waals surface area (Å²) in [7, 11) is 0. The van der Waals surface area contributed by atoms with Gasteiger partial charge in [-0.05, 0) is 36.2 Å². The van der Waals surface area contributed by atoms with Gasteiger partial charge >= 0.3 is 0 Å². The van der Waals surface area contributed by atoms with E-state index in [1.165, 1.54) is 37.8 Å². The summed E-state index contributed by atoms with van der Waals surface area (Å²) < 4.78 is 5.97. The van der Waals surface area contributed by atoms with Crippen LogP contribution in [0.15, 0.2) is 71.1 Å². The summed E-state index contributed by atoms with van der Waals surface area (Å²) in [6, 6.07) is 23.4. The minimum Gasteiger partial charge on any atom is -0.456 e. The second-order valence-electron chi connectivity index (χ2n) is 7.06. The molecule has 1 atom stereocenters. The lowest BCUT2D eigenvalue weighted by atomic mass is 9.90. The van der Waals surface area contributed by atoms with Crippen LogP contribution < -0.4 is 10.6 Å². The predicted octanol–water partition coefficient (Wildman–Crippen LogP) is 5.84. The maximum absolute atomic E-state index is 5.97. The first-order valence-corrected chi connectivity index (χ1v) is 10.1. The number of rotatable bonds is 1. The molecule has 1 aliphatic rings. The summed E-state index contributed by atoms with van der Waals surface area (Å²) in [4.78, 5) is 3.54. The van der Waals surface area contributed by atoms with Crippen molar-refractivity contribution in [1.82, 2.24) is 4.98 Å². The molecular formula is C26H23NO. The minimum absolute atomic E-state index is 0.389. The van der Waals surface area contributed by atoms with E-state index >= 15 is 0 Å². The summed E-state index contributed by atoms with van der Waals surface area (Å²) >= 11 is 0. The maximum atomic E-state index is 5.97. The Morgan fingerprint density at radius 3 is 2.46 bits per heavy atom. The molecule has 0 bridgehead atoms. The van der Waals surface area contributed by atoms with Gasteiger partial charge in [-0.25, -0.2) is 0 Å². The molecule has 2 heterocycles. The molecule has 1 N–H and O–H groups in total. The largest absolute Gasteiger partial charge is 0.456 e. The maximum Gasteiger partial charge on any atom is 0.135 e. The molecule has 1 unspecified atom stereocenters. The number of furan rings is 1. The van der Waals surface area contributed by atoms with E-state index in [2.05, 4.69) is 71.7 Å². The average Bonchev–Trinajstić information content (AvgIpc) is 3.32. The summed E-state index contributed by atoms with van der Waals surface area (Å²) in [5, 5.41) is 6.28. The zero-order chi connectivity index (χ0) is 19.1. The Hall–Kier alpha value is -3.26. The SMILES string of the molecule is C1=c2[nH]c3ccccc3c2=CC(c2ccc3oc4ccccc4c3c2)C1.CC. The second-order valence-corrected chi connectivity index (χ2v) is 7.06. The van der Waals surface area contributed by atoms with E-state index in [1.54, 1.807) is 0 Å². The lowest BCUT2D eigenvalue weighted by Gasteiger charge is -2.13. The van der Waals surface area contributed by atoms with E-state index in [0.717, 1.165) is 17.6 Å². The van der Waals surface area contributed by atoms with Crippen LogP contribution >= 0.6 is 0 Å². The highest BCUT2D eigenvalue weighted by atomic mass is 16.3. The third kappa shape index (κ3) is 2.56. The summed E-state index contributed by atoms with van der Waals surface area (Å²) in [5.41, 5.74) is 4.47. The second kappa shape index (κ2) is 6.72. The zero-order valence-electron chi connectivity index (χ0n) is 16.2. The summed E-state index contributed by atoms with van der Waals surface area (Å²) in [5.74, 6) is 0.389. The molecule has 0 saturated heterocycles. The standard InChI is InChI=1S/C24H17NO.C2H6/c1-3-7-21-17(5-1)19-13-15(9-11-22(19)25-21)16-10-12-24-20(14-16)18-6-2-4-8-23(18)26-24;1-2/h1-8,10-15,25H,9H2;1-2H3. The molecule has 0 fully saturated rings. The van der Waals surface area contributed by atoms with Gasteiger partial charge in [-0.3, -0.25) is 0 Å². The number of aromatic amines is 1. The quantitative estimate of drug-likeness (QED) is 0.397. The van der Waals surface area contributed by atoms with E-state index in [1.807, 2.05) is 26.0 Å². The Bertz CT molecular complexity index is 1420. The fourth-order valence-corrected chi connectivity index (χ4v) is 4.25. The van der Waals surface area contributed by atoms with Crippen LogP contribution in [0.4, 0.5) is 0 Å². The Balaban J connectivity index is 0.000000829. The number of hydrogen-bond acceptors (Lipinski definition) is 1. The van der Waals surface area contributed by atoms with Crippen LogP contribution in [-0.4, -0.2) is 4.98 Å². The Labute approximate surface area is 163 Å². The first-order chi connectivity index (χ1) is 13.9. The van der Waals surface area contributed by atoms with Crippen molar-refractivity contribution >= 4 is 45.0 Å². The van der Waals surface area contributed by atoms with Crippen molar-refractivity contribution in [2.24, 2.45) is 0 Å². The van der Waals surface area contributed by atoms with Crippen LogP contribution in [0, 0.1) is 0 Å². The molecule has 138 valence electrons. The van der Waals surface area contributed by atoms with Gasteiger partial charge in [-0.1, -0.05) is 68.5 Å². The topological polar surface area (TPSA) is 28.9 Å². The molecule has 6 rings (SSSR count). The Kier molecular flexibility index (Phi) is 4.05. The van der Waals surface area contributed by atoms with Gasteiger partial charge in [0.25, 0.3) is 0 Å². The van der Waals surface area contributed by atoms with Gasteiger partial charge in [0.2, 0.25) is 0 Å². The molecule has 0 radical (unpaired) electrons. The van der Waals surface area contributed by atoms with Gasteiger partial charge in [-0.2, -0.15) is 0 Å². The number of fused-ring (bicyclic) bond motifs is 6. The molecule has 3 aromatic carbocycles. The van der Waals surface area contributed by atoms with Crippen LogP contribution in [0.1, 0.15) is 31.7 Å². The number of benzene rings is 3. The molecule has 2 aromatic heterocycles. The van der Waals surface area contributed by atoms with E-state index in [4.69, 9.17) is 4.42 Å². The predicted molar refractivity (Wildman–Crippen MR) is 119 cm³/mol. The first-order valence-electron chi connectivity index (χ1n) is 10.1. The van der Waals surface area contributed by atoms with Gasteiger partial charge < -0.3 is 9.40 Å². The van der Waals surface area contributed by atoms with E-state index in [9.17, 15) is 0 Å². The number of H-pyrrole nitrogens is 1. The monoisotopic (exact) mass is 365 g/mol. The van der Waals surface area contributed by atoms with Gasteiger partial charge in [0, 0.05) is 38.2 Å². The van der Waals surface area contributed by atoms with Crippen molar-refractivity contribution in [1.29, 1.82) is 0 Å². The van der Waals surface area contributed by atoms with Crippen LogP contribution in [0.5, 0.6) is 0 Å². The van der Waals surface area contributed by atoms with Crippen LogP contribution in [0.3, 0.4) is 0 Å². The van der Waals surface area contributed by atoms with Gasteiger partial charge in [0.15, 0.2) is 0 Å². The summed E-state index contributed by atoms with van der Waals surface area (Å²) in [6.45, 7) is 4.00. The lowest BCUT2D eigenvalue weighted by molar-refractivity contribution is 0.668. The molecule has 0 amide bonds.